The Morgan fingerprint density at radius 1 is 1.25 bits per heavy atom. The van der Waals surface area contributed by atoms with Crippen molar-refractivity contribution in [1.82, 2.24) is 4.98 Å². The van der Waals surface area contributed by atoms with Crippen LogP contribution in [0.3, 0.4) is 0 Å². The molecule has 2 aromatic rings. The van der Waals surface area contributed by atoms with E-state index in [0.717, 1.165) is 34.6 Å². The highest BCUT2D eigenvalue weighted by molar-refractivity contribution is 5.92. The predicted molar refractivity (Wildman–Crippen MR) is 82.4 cm³/mol. The zero-order valence-corrected chi connectivity index (χ0v) is 12.6. The molecule has 20 heavy (non-hydrogen) atoms. The standard InChI is InChI=1S/C16H22N2O2/c1-5-17-16-8-12(10-19-4)18-15-7-6-13(9-14(15)16)20-11(2)3/h6-9,11H,5,10H2,1-4H3,(H,17,18). The number of fused-ring (bicyclic) bond motifs is 1. The first-order valence-corrected chi connectivity index (χ1v) is 6.97. The number of ether oxygens (including phenoxy) is 2. The molecule has 1 aromatic carbocycles. The van der Waals surface area contributed by atoms with E-state index in [1.165, 1.54) is 0 Å². The Bertz CT molecular complexity index is 582. The lowest BCUT2D eigenvalue weighted by Crippen LogP contribution is -2.06. The summed E-state index contributed by atoms with van der Waals surface area (Å²) in [7, 11) is 1.68. The minimum Gasteiger partial charge on any atom is -0.491 e. The van der Waals surface area contributed by atoms with Crippen molar-refractivity contribution in [3.8, 4) is 5.75 Å². The number of hydrogen-bond acceptors (Lipinski definition) is 4. The van der Waals surface area contributed by atoms with Gasteiger partial charge < -0.3 is 14.8 Å². The van der Waals surface area contributed by atoms with Crippen molar-refractivity contribution in [1.29, 1.82) is 0 Å². The van der Waals surface area contributed by atoms with Crippen LogP contribution in [-0.4, -0.2) is 24.7 Å². The van der Waals surface area contributed by atoms with Gasteiger partial charge in [0.2, 0.25) is 0 Å². The van der Waals surface area contributed by atoms with E-state index < -0.39 is 0 Å². The van der Waals surface area contributed by atoms with Gasteiger partial charge in [-0.05, 0) is 45.0 Å². The van der Waals surface area contributed by atoms with E-state index in [0.29, 0.717) is 6.61 Å². The Kier molecular flexibility index (Phi) is 4.79. The van der Waals surface area contributed by atoms with Gasteiger partial charge in [-0.25, -0.2) is 0 Å². The van der Waals surface area contributed by atoms with Gasteiger partial charge in [-0.2, -0.15) is 0 Å². The van der Waals surface area contributed by atoms with Crippen LogP contribution in [0.5, 0.6) is 5.75 Å². The van der Waals surface area contributed by atoms with Crippen molar-refractivity contribution < 1.29 is 9.47 Å². The van der Waals surface area contributed by atoms with Crippen LogP contribution in [0.4, 0.5) is 5.69 Å². The minimum atomic E-state index is 0.163. The first-order valence-electron chi connectivity index (χ1n) is 6.97. The molecule has 0 saturated carbocycles. The Labute approximate surface area is 120 Å². The van der Waals surface area contributed by atoms with Gasteiger partial charge in [0, 0.05) is 24.7 Å². The molecule has 0 bridgehead atoms. The lowest BCUT2D eigenvalue weighted by molar-refractivity contribution is 0.182. The number of rotatable bonds is 6. The summed E-state index contributed by atoms with van der Waals surface area (Å²) in [4.78, 5) is 4.61. The summed E-state index contributed by atoms with van der Waals surface area (Å²) in [5.41, 5.74) is 2.94. The fraction of sp³-hybridized carbons (Fsp3) is 0.438. The smallest absolute Gasteiger partial charge is 0.120 e. The van der Waals surface area contributed by atoms with Crippen molar-refractivity contribution in [2.45, 2.75) is 33.5 Å². The molecule has 0 radical (unpaired) electrons. The summed E-state index contributed by atoms with van der Waals surface area (Å²) in [5.74, 6) is 0.868. The second-order valence-corrected chi connectivity index (χ2v) is 4.97. The zero-order valence-electron chi connectivity index (χ0n) is 12.6. The van der Waals surface area contributed by atoms with Crippen molar-refractivity contribution in [2.75, 3.05) is 19.0 Å². The fourth-order valence-electron chi connectivity index (χ4n) is 2.16. The Hall–Kier alpha value is -1.81. The zero-order chi connectivity index (χ0) is 14.5. The third-order valence-electron chi connectivity index (χ3n) is 2.86. The minimum absolute atomic E-state index is 0.163. The highest BCUT2D eigenvalue weighted by atomic mass is 16.5. The van der Waals surface area contributed by atoms with Crippen LogP contribution in [0, 0.1) is 0 Å². The SMILES string of the molecule is CCNc1cc(COC)nc2ccc(OC(C)C)cc12. The molecule has 0 aliphatic rings. The number of pyridine rings is 1. The molecule has 0 aliphatic carbocycles. The fourth-order valence-corrected chi connectivity index (χ4v) is 2.16. The number of aromatic nitrogens is 1. The van der Waals surface area contributed by atoms with Crippen LogP contribution in [0.2, 0.25) is 0 Å². The molecule has 1 heterocycles. The van der Waals surface area contributed by atoms with E-state index in [9.17, 15) is 0 Å². The number of methoxy groups -OCH3 is 1. The summed E-state index contributed by atoms with van der Waals surface area (Å²) < 4.78 is 10.9. The van der Waals surface area contributed by atoms with E-state index in [2.05, 4.69) is 17.2 Å². The normalized spacial score (nSPS) is 11.1. The number of nitrogens with one attached hydrogen (secondary N) is 1. The number of nitrogens with zero attached hydrogens (tertiary/aromatic N) is 1. The number of benzene rings is 1. The monoisotopic (exact) mass is 274 g/mol. The maximum absolute atomic E-state index is 5.75. The van der Waals surface area contributed by atoms with Crippen LogP contribution in [0.15, 0.2) is 24.3 Å². The second kappa shape index (κ2) is 6.57. The molecule has 0 amide bonds. The number of hydrogen-bond donors (Lipinski definition) is 1. The van der Waals surface area contributed by atoms with E-state index in [4.69, 9.17) is 9.47 Å². The third-order valence-corrected chi connectivity index (χ3v) is 2.86. The molecule has 1 aromatic heterocycles. The van der Waals surface area contributed by atoms with Crippen molar-refractivity contribution in [2.24, 2.45) is 0 Å². The average Bonchev–Trinajstić information content (AvgIpc) is 2.39. The van der Waals surface area contributed by atoms with Gasteiger partial charge in [0.15, 0.2) is 0 Å². The number of anilines is 1. The summed E-state index contributed by atoms with van der Waals surface area (Å²) in [6.07, 6.45) is 0.163. The lowest BCUT2D eigenvalue weighted by Gasteiger charge is -2.14. The van der Waals surface area contributed by atoms with Crippen molar-refractivity contribution >= 4 is 16.6 Å². The van der Waals surface area contributed by atoms with E-state index in [1.807, 2.05) is 38.1 Å². The second-order valence-electron chi connectivity index (χ2n) is 4.97. The summed E-state index contributed by atoms with van der Waals surface area (Å²) >= 11 is 0. The molecule has 4 nitrogen and oxygen atoms in total. The highest BCUT2D eigenvalue weighted by Gasteiger charge is 2.08. The van der Waals surface area contributed by atoms with Gasteiger partial charge >= 0.3 is 0 Å². The average molecular weight is 274 g/mol. The molecule has 2 rings (SSSR count). The van der Waals surface area contributed by atoms with E-state index in [1.54, 1.807) is 7.11 Å². The molecule has 0 saturated heterocycles. The van der Waals surface area contributed by atoms with Gasteiger partial charge in [0.05, 0.1) is 23.9 Å². The van der Waals surface area contributed by atoms with Gasteiger partial charge in [0.1, 0.15) is 5.75 Å². The van der Waals surface area contributed by atoms with Gasteiger partial charge in [0.25, 0.3) is 0 Å². The molecule has 0 fully saturated rings. The van der Waals surface area contributed by atoms with Crippen molar-refractivity contribution in [3.63, 3.8) is 0 Å². The molecule has 0 aliphatic heterocycles. The largest absolute Gasteiger partial charge is 0.491 e. The maximum Gasteiger partial charge on any atom is 0.120 e. The Morgan fingerprint density at radius 2 is 2.05 bits per heavy atom. The molecule has 0 unspecified atom stereocenters. The van der Waals surface area contributed by atoms with Gasteiger partial charge in [-0.15, -0.1) is 0 Å². The van der Waals surface area contributed by atoms with E-state index >= 15 is 0 Å². The first-order chi connectivity index (χ1) is 9.63. The Balaban J connectivity index is 2.48. The molecule has 4 heteroatoms. The van der Waals surface area contributed by atoms with Crippen LogP contribution in [-0.2, 0) is 11.3 Å². The van der Waals surface area contributed by atoms with Crippen LogP contribution >= 0.6 is 0 Å². The predicted octanol–water partition coefficient (Wildman–Crippen LogP) is 3.60. The molecule has 0 spiro atoms. The van der Waals surface area contributed by atoms with E-state index in [-0.39, 0.29) is 6.10 Å². The molecule has 1 N–H and O–H groups in total. The van der Waals surface area contributed by atoms with Crippen LogP contribution in [0.25, 0.3) is 10.9 Å². The van der Waals surface area contributed by atoms with Crippen LogP contribution < -0.4 is 10.1 Å². The summed E-state index contributed by atoms with van der Waals surface area (Å²) in [6.45, 7) is 7.50. The lowest BCUT2D eigenvalue weighted by atomic mass is 10.1. The highest BCUT2D eigenvalue weighted by Crippen LogP contribution is 2.28. The quantitative estimate of drug-likeness (QED) is 0.874. The summed E-state index contributed by atoms with van der Waals surface area (Å²) in [5, 5.41) is 4.45. The third kappa shape index (κ3) is 3.39. The van der Waals surface area contributed by atoms with Crippen LogP contribution in [0.1, 0.15) is 26.5 Å². The Morgan fingerprint density at radius 3 is 2.70 bits per heavy atom. The molecule has 0 atom stereocenters. The van der Waals surface area contributed by atoms with Crippen molar-refractivity contribution in [3.05, 3.63) is 30.0 Å². The topological polar surface area (TPSA) is 43.4 Å². The first kappa shape index (κ1) is 14.6. The summed E-state index contributed by atoms with van der Waals surface area (Å²) in [6, 6.07) is 8.03. The maximum atomic E-state index is 5.75. The van der Waals surface area contributed by atoms with Gasteiger partial charge in [-0.3, -0.25) is 4.98 Å². The van der Waals surface area contributed by atoms with Gasteiger partial charge in [-0.1, -0.05) is 0 Å². The molecular weight excluding hydrogens is 252 g/mol. The molecular formula is C16H22N2O2. The molecule has 108 valence electrons.